The predicted octanol–water partition coefficient (Wildman–Crippen LogP) is 16.3. The Labute approximate surface area is 633 Å². The fourth-order valence-corrected chi connectivity index (χ4v) is 10.6. The Bertz CT molecular complexity index is 5730. The highest BCUT2D eigenvalue weighted by molar-refractivity contribution is 6.05. The van der Waals surface area contributed by atoms with Gasteiger partial charge in [0.05, 0.1) is 21.5 Å². The number of amides is 5. The number of halogens is 4. The van der Waals surface area contributed by atoms with Crippen LogP contribution in [0.3, 0.4) is 0 Å². The summed E-state index contributed by atoms with van der Waals surface area (Å²) in [6, 6.07) is 53.8. The molecule has 0 aliphatic heterocycles. The van der Waals surface area contributed by atoms with Crippen LogP contribution in [-0.4, -0.2) is 69.7 Å². The Hall–Kier alpha value is -15.5. The van der Waals surface area contributed by atoms with E-state index in [9.17, 15) is 60.7 Å². The minimum atomic E-state index is -0.641. The molecule has 30 heteroatoms. The number of anilines is 4. The summed E-state index contributed by atoms with van der Waals surface area (Å²) in [5, 5.41) is 26.9. The van der Waals surface area contributed by atoms with Crippen LogP contribution >= 0.6 is 0 Å². The maximum absolute atomic E-state index is 13.0. The van der Waals surface area contributed by atoms with E-state index in [2.05, 4.69) is 41.9 Å². The van der Waals surface area contributed by atoms with E-state index in [0.717, 1.165) is 52.9 Å². The van der Waals surface area contributed by atoms with Crippen LogP contribution in [0, 0.1) is 51.0 Å². The van der Waals surface area contributed by atoms with E-state index in [4.69, 9.17) is 35.8 Å². The van der Waals surface area contributed by atoms with E-state index >= 15 is 0 Å². The highest BCUT2D eigenvalue weighted by Crippen LogP contribution is 2.29. The third-order valence-corrected chi connectivity index (χ3v) is 16.2. The fourth-order valence-electron chi connectivity index (χ4n) is 10.6. The van der Waals surface area contributed by atoms with E-state index in [-0.39, 0.29) is 91.6 Å². The first-order chi connectivity index (χ1) is 54.2. The highest BCUT2D eigenvalue weighted by Gasteiger charge is 2.22. The van der Waals surface area contributed by atoms with Crippen molar-refractivity contribution >= 4 is 97.5 Å². The molecular weight excluding hydrogens is 1470 g/mol. The lowest BCUT2D eigenvalue weighted by atomic mass is 10.1. The second-order valence-electron chi connectivity index (χ2n) is 25.1. The molecule has 0 bridgehead atoms. The number of nitrogens with one attached hydrogen (secondary N) is 4. The molecule has 0 saturated carbocycles. The van der Waals surface area contributed by atoms with Gasteiger partial charge in [0.15, 0.2) is 44.8 Å². The quantitative estimate of drug-likeness (QED) is 0.0615. The van der Waals surface area contributed by atoms with Crippen molar-refractivity contribution < 1.29 is 77.3 Å². The minimum absolute atomic E-state index is 0.0753. The van der Waals surface area contributed by atoms with E-state index in [1.54, 1.807) is 135 Å². The number of nitrogens with zero attached hydrogens (tertiary/aromatic N) is 5. The zero-order valence-corrected chi connectivity index (χ0v) is 60.1. The lowest BCUT2D eigenvalue weighted by Crippen LogP contribution is -2.14. The molecule has 0 unspecified atom stereocenters. The van der Waals surface area contributed by atoms with Gasteiger partial charge < -0.3 is 40.7 Å². The highest BCUT2D eigenvalue weighted by atomic mass is 19.1. The van der Waals surface area contributed by atoms with Crippen molar-refractivity contribution in [2.75, 3.05) is 35.4 Å². The maximum Gasteiger partial charge on any atom is 0.293 e. The van der Waals surface area contributed by atoms with Crippen LogP contribution in [0.2, 0.25) is 0 Å². The molecule has 566 valence electrons. The van der Waals surface area contributed by atoms with Crippen LogP contribution in [-0.2, 0) is 4.79 Å². The van der Waals surface area contributed by atoms with E-state index in [1.807, 2.05) is 27.7 Å². The van der Waals surface area contributed by atoms with Crippen molar-refractivity contribution in [1.82, 2.24) is 25.5 Å². The maximum atomic E-state index is 13.0. The van der Waals surface area contributed by atoms with Gasteiger partial charge in [0.1, 0.15) is 68.4 Å². The molecule has 0 aliphatic carbocycles. The van der Waals surface area contributed by atoms with Crippen LogP contribution in [0.5, 0.6) is 0 Å². The van der Waals surface area contributed by atoms with Gasteiger partial charge in [-0.2, -0.15) is 0 Å². The van der Waals surface area contributed by atoms with Crippen LogP contribution < -0.4 is 43.0 Å². The number of carbonyl (C=O) groups is 5. The van der Waals surface area contributed by atoms with Gasteiger partial charge in [-0.05, 0) is 196 Å². The average Bonchev–Trinajstić information content (AvgIpc) is 1.50. The van der Waals surface area contributed by atoms with Crippen LogP contribution in [0.25, 0.3) is 88.9 Å². The summed E-state index contributed by atoms with van der Waals surface area (Å²) in [5.74, 6) is -4.28. The lowest BCUT2D eigenvalue weighted by Gasteiger charge is -2.03. The van der Waals surface area contributed by atoms with Crippen molar-refractivity contribution in [2.45, 2.75) is 27.7 Å². The van der Waals surface area contributed by atoms with Crippen molar-refractivity contribution in [3.63, 3.8) is 0 Å². The second-order valence-corrected chi connectivity index (χ2v) is 25.1. The molecule has 0 fully saturated rings. The van der Waals surface area contributed by atoms with Crippen molar-refractivity contribution in [3.05, 3.63) is 328 Å². The molecule has 8 aromatic heterocycles. The third kappa shape index (κ3) is 19.5. The lowest BCUT2D eigenvalue weighted by molar-refractivity contribution is -0.115. The second kappa shape index (κ2) is 34.2. The van der Waals surface area contributed by atoms with Gasteiger partial charge in [-0.1, -0.05) is 44.9 Å². The molecule has 5 amide bonds. The molecule has 0 radical (unpaired) electrons. The molecule has 16 rings (SSSR count). The summed E-state index contributed by atoms with van der Waals surface area (Å²) in [6.45, 7) is 7.44. The summed E-state index contributed by atoms with van der Waals surface area (Å²) < 4.78 is 94.5. The Morgan fingerprint density at radius 2 is 0.504 bits per heavy atom. The Morgan fingerprint density at radius 3 is 0.690 bits per heavy atom. The number of fused-ring (bicyclic) bond motifs is 4. The van der Waals surface area contributed by atoms with Gasteiger partial charge in [0.25, 0.3) is 23.6 Å². The van der Waals surface area contributed by atoms with Crippen molar-refractivity contribution in [1.29, 1.82) is 0 Å². The molecule has 0 saturated heterocycles. The van der Waals surface area contributed by atoms with Crippen LogP contribution in [0.4, 0.5) is 41.1 Å². The molecule has 0 atom stereocenters. The molecule has 8 heterocycles. The molecule has 113 heavy (non-hydrogen) atoms. The molecule has 16 aromatic rings. The Kier molecular flexibility index (Phi) is 23.3. The number of rotatable bonds is 13. The van der Waals surface area contributed by atoms with Gasteiger partial charge in [0.2, 0.25) is 29.9 Å². The summed E-state index contributed by atoms with van der Waals surface area (Å²) >= 11 is 0. The van der Waals surface area contributed by atoms with Gasteiger partial charge in [-0.15, -0.1) is 0 Å². The van der Waals surface area contributed by atoms with Crippen molar-refractivity contribution in [3.8, 4) is 45.0 Å². The number of hydrogen-bond donors (Lipinski definition) is 4. The molecule has 26 nitrogen and oxygen atoms in total. The molecule has 0 aliphatic rings. The zero-order chi connectivity index (χ0) is 80.1. The van der Waals surface area contributed by atoms with E-state index in [1.165, 1.54) is 77.7 Å². The van der Waals surface area contributed by atoms with Gasteiger partial charge >= 0.3 is 0 Å². The summed E-state index contributed by atoms with van der Waals surface area (Å²) in [5.41, 5.74) is 7.94. The van der Waals surface area contributed by atoms with Gasteiger partial charge in [0, 0.05) is 84.9 Å². The van der Waals surface area contributed by atoms with Crippen LogP contribution in [0.15, 0.2) is 273 Å². The van der Waals surface area contributed by atoms with Gasteiger partial charge in [-0.3, -0.25) is 64.4 Å². The smallest absolute Gasteiger partial charge is 0.293 e. The Balaban J connectivity index is 0.000000137. The molecular formula is C83H59F4N9O17. The number of benzene rings is 8. The van der Waals surface area contributed by atoms with Gasteiger partial charge in [-0.25, -0.2) is 17.6 Å². The number of aryl methyl sites for hydroxylation is 4. The topological polar surface area (TPSA) is 362 Å². The largest absolute Gasteiger partial charge is 0.451 e. The SMILES string of the molecule is CN(C)C=O.Cc1ccc2c(=O)cc(C(=O)Nc3cc(-c4ccc(F)cc4)no3)oc2c1.Cc1ccc2c(=O)cc(C(=O)Nc3cc(-c4ccc(F)cc4)no3)oc2c1.Cc1ccc2c(=O)cc(C(=O)Nc3cc(-c4ccc(F)cc4)no3)oc2c1.Cc1ccc2c(=O)cc(C(=O)Nc3cc(-c4ccc(F)cc4)no3)oc2c1. The number of carbonyl (C=O) groups excluding carboxylic acids is 5. The molecule has 0 spiro atoms. The summed E-state index contributed by atoms with van der Waals surface area (Å²) in [6.07, 6.45) is 0.750. The molecule has 4 N–H and O–H groups in total. The normalized spacial score (nSPS) is 10.7. The van der Waals surface area contributed by atoms with E-state index in [0.29, 0.717) is 88.9 Å². The Morgan fingerprint density at radius 1 is 0.310 bits per heavy atom. The first-order valence-electron chi connectivity index (χ1n) is 33.7. The summed E-state index contributed by atoms with van der Waals surface area (Å²) in [4.78, 5) is 109. The zero-order valence-electron chi connectivity index (χ0n) is 60.1. The third-order valence-electron chi connectivity index (χ3n) is 16.2. The van der Waals surface area contributed by atoms with E-state index < -0.39 is 23.6 Å². The first-order valence-corrected chi connectivity index (χ1v) is 33.7. The average molecular weight is 1530 g/mol. The molecule has 8 aromatic carbocycles. The van der Waals surface area contributed by atoms with Crippen LogP contribution in [0.1, 0.15) is 64.5 Å². The predicted molar refractivity (Wildman–Crippen MR) is 408 cm³/mol. The standard InChI is InChI=1S/4C20H13FN2O4.C3H7NO/c4*1-11-2-7-14-16(24)10-18(26-17(14)8-11)20(25)22-19-9-15(23-27-19)12-3-5-13(21)6-4-12;1-4(2)3-5/h4*2-10H,1H3,(H,22,25);3H,1-2H3. The number of aromatic nitrogens is 4. The first kappa shape index (κ1) is 77.1. The fraction of sp³-hybridized carbons (Fsp3) is 0.0723. The number of hydrogen-bond acceptors (Lipinski definition) is 21. The minimum Gasteiger partial charge on any atom is -0.451 e. The van der Waals surface area contributed by atoms with Crippen molar-refractivity contribution in [2.24, 2.45) is 0 Å². The summed E-state index contributed by atoms with van der Waals surface area (Å²) in [7, 11) is 3.38. The monoisotopic (exact) mass is 1530 g/mol.